The first kappa shape index (κ1) is 15.8. The Hall–Kier alpha value is -1.59. The van der Waals surface area contributed by atoms with Gasteiger partial charge in [0.2, 0.25) is 11.8 Å². The lowest BCUT2D eigenvalue weighted by Gasteiger charge is -2.23. The number of ether oxygens (including phenoxy) is 1. The second-order valence-electron chi connectivity index (χ2n) is 5.25. The largest absolute Gasteiger partial charge is 0.383 e. The molecule has 2 atom stereocenters. The zero-order chi connectivity index (χ0) is 15.4. The number of hydrogen-bond acceptors (Lipinski definition) is 3. The Morgan fingerprint density at radius 3 is 2.76 bits per heavy atom. The summed E-state index contributed by atoms with van der Waals surface area (Å²) < 4.78 is 5.06. The maximum Gasteiger partial charge on any atom is 0.229 e. The van der Waals surface area contributed by atoms with Gasteiger partial charge in [-0.2, -0.15) is 0 Å². The molecular weight excluding hydrogens is 292 g/mol. The molecule has 0 saturated carbocycles. The molecule has 2 amide bonds. The van der Waals surface area contributed by atoms with Crippen molar-refractivity contribution in [3.05, 3.63) is 29.3 Å². The Bertz CT molecular complexity index is 518. The van der Waals surface area contributed by atoms with Crippen LogP contribution in [0.4, 0.5) is 5.69 Å². The maximum atomic E-state index is 12.2. The van der Waals surface area contributed by atoms with Gasteiger partial charge in [0.1, 0.15) is 0 Å². The van der Waals surface area contributed by atoms with Crippen LogP contribution in [0.15, 0.2) is 24.3 Å². The molecule has 114 valence electrons. The van der Waals surface area contributed by atoms with Crippen molar-refractivity contribution in [1.82, 2.24) is 4.90 Å². The molecule has 0 bridgehead atoms. The third-order valence-corrected chi connectivity index (χ3v) is 3.83. The van der Waals surface area contributed by atoms with Crippen molar-refractivity contribution in [1.29, 1.82) is 0 Å². The first-order valence-electron chi connectivity index (χ1n) is 6.86. The summed E-state index contributed by atoms with van der Waals surface area (Å²) in [5.74, 6) is -0.471. The van der Waals surface area contributed by atoms with Gasteiger partial charge in [-0.3, -0.25) is 9.59 Å². The van der Waals surface area contributed by atoms with Crippen LogP contribution in [-0.2, 0) is 14.3 Å². The standard InChI is InChI=1S/C15H19ClN2O3/c1-10(9-21-2)18-8-11(7-14(18)19)15(20)17-13-5-3-12(16)4-6-13/h3-6,10-11H,7-9H2,1-2H3,(H,17,20)/t10-,11-/m0/s1. The van der Waals surface area contributed by atoms with E-state index < -0.39 is 0 Å². The second-order valence-corrected chi connectivity index (χ2v) is 5.68. The average molecular weight is 311 g/mol. The second kappa shape index (κ2) is 6.91. The summed E-state index contributed by atoms with van der Waals surface area (Å²) in [6.45, 7) is 2.82. The van der Waals surface area contributed by atoms with Crippen LogP contribution in [-0.4, -0.2) is 43.0 Å². The number of halogens is 1. The van der Waals surface area contributed by atoms with Crippen LogP contribution >= 0.6 is 11.6 Å². The highest BCUT2D eigenvalue weighted by Gasteiger charge is 2.36. The molecule has 1 aliphatic heterocycles. The van der Waals surface area contributed by atoms with Crippen molar-refractivity contribution in [2.75, 3.05) is 25.6 Å². The monoisotopic (exact) mass is 310 g/mol. The van der Waals surface area contributed by atoms with Crippen LogP contribution in [0.2, 0.25) is 5.02 Å². The third-order valence-electron chi connectivity index (χ3n) is 3.58. The minimum Gasteiger partial charge on any atom is -0.383 e. The van der Waals surface area contributed by atoms with Crippen LogP contribution in [0.25, 0.3) is 0 Å². The van der Waals surface area contributed by atoms with Crippen molar-refractivity contribution in [3.63, 3.8) is 0 Å². The first-order chi connectivity index (χ1) is 10.0. The summed E-state index contributed by atoms with van der Waals surface area (Å²) in [7, 11) is 1.60. The molecule has 1 aromatic rings. The van der Waals surface area contributed by atoms with Crippen molar-refractivity contribution < 1.29 is 14.3 Å². The number of carbonyl (C=O) groups is 2. The van der Waals surface area contributed by atoms with E-state index in [9.17, 15) is 9.59 Å². The number of rotatable bonds is 5. The number of nitrogens with one attached hydrogen (secondary N) is 1. The number of anilines is 1. The van der Waals surface area contributed by atoms with Gasteiger partial charge in [-0.25, -0.2) is 0 Å². The van der Waals surface area contributed by atoms with E-state index >= 15 is 0 Å². The van der Waals surface area contributed by atoms with Gasteiger partial charge in [0.25, 0.3) is 0 Å². The van der Waals surface area contributed by atoms with Crippen molar-refractivity contribution in [2.24, 2.45) is 5.92 Å². The number of benzene rings is 1. The molecule has 0 radical (unpaired) electrons. The maximum absolute atomic E-state index is 12.2. The number of methoxy groups -OCH3 is 1. The summed E-state index contributed by atoms with van der Waals surface area (Å²) in [6, 6.07) is 6.88. The minimum atomic E-state index is -0.326. The van der Waals surface area contributed by atoms with E-state index in [2.05, 4.69) is 5.32 Å². The van der Waals surface area contributed by atoms with Gasteiger partial charge in [-0.05, 0) is 31.2 Å². The molecule has 1 fully saturated rings. The van der Waals surface area contributed by atoms with E-state index in [0.717, 1.165) is 0 Å². The Labute approximate surface area is 129 Å². The van der Waals surface area contributed by atoms with E-state index in [1.807, 2.05) is 6.92 Å². The summed E-state index contributed by atoms with van der Waals surface area (Å²) >= 11 is 5.80. The number of nitrogens with zero attached hydrogens (tertiary/aromatic N) is 1. The third kappa shape index (κ3) is 3.95. The topological polar surface area (TPSA) is 58.6 Å². The van der Waals surface area contributed by atoms with Crippen LogP contribution < -0.4 is 5.32 Å². The molecule has 6 heteroatoms. The highest BCUT2D eigenvalue weighted by molar-refractivity contribution is 6.30. The van der Waals surface area contributed by atoms with Gasteiger partial charge in [0, 0.05) is 30.8 Å². The molecule has 5 nitrogen and oxygen atoms in total. The van der Waals surface area contributed by atoms with E-state index in [4.69, 9.17) is 16.3 Å². The van der Waals surface area contributed by atoms with Gasteiger partial charge >= 0.3 is 0 Å². The first-order valence-corrected chi connectivity index (χ1v) is 7.24. The highest BCUT2D eigenvalue weighted by atomic mass is 35.5. The fraction of sp³-hybridized carbons (Fsp3) is 0.467. The molecule has 0 aromatic heterocycles. The molecule has 0 spiro atoms. The molecule has 1 N–H and O–H groups in total. The fourth-order valence-electron chi connectivity index (χ4n) is 2.44. The smallest absolute Gasteiger partial charge is 0.229 e. The van der Waals surface area contributed by atoms with Crippen molar-refractivity contribution in [2.45, 2.75) is 19.4 Å². The molecule has 0 aliphatic carbocycles. The van der Waals surface area contributed by atoms with Gasteiger partial charge < -0.3 is 15.0 Å². The fourth-order valence-corrected chi connectivity index (χ4v) is 2.57. The van der Waals surface area contributed by atoms with E-state index in [1.165, 1.54) is 0 Å². The van der Waals surface area contributed by atoms with E-state index in [0.29, 0.717) is 23.9 Å². The van der Waals surface area contributed by atoms with Crippen molar-refractivity contribution in [3.8, 4) is 0 Å². The molecule has 21 heavy (non-hydrogen) atoms. The zero-order valence-electron chi connectivity index (χ0n) is 12.1. The number of carbonyl (C=O) groups excluding carboxylic acids is 2. The molecule has 1 heterocycles. The summed E-state index contributed by atoms with van der Waals surface area (Å²) in [5.41, 5.74) is 0.681. The van der Waals surface area contributed by atoms with E-state index in [-0.39, 0.29) is 30.2 Å². The van der Waals surface area contributed by atoms with E-state index in [1.54, 1.807) is 36.3 Å². The van der Waals surface area contributed by atoms with Gasteiger partial charge in [0.05, 0.1) is 18.6 Å². The van der Waals surface area contributed by atoms with Crippen LogP contribution in [0.1, 0.15) is 13.3 Å². The predicted octanol–water partition coefficient (Wildman–Crippen LogP) is 2.16. The Kier molecular flexibility index (Phi) is 5.20. The summed E-state index contributed by atoms with van der Waals surface area (Å²) in [6.07, 6.45) is 0.244. The SMILES string of the molecule is COC[C@H](C)N1C[C@@H](C(=O)Nc2ccc(Cl)cc2)CC1=O. The lowest BCUT2D eigenvalue weighted by molar-refractivity contribution is -0.130. The lowest BCUT2D eigenvalue weighted by atomic mass is 10.1. The van der Waals surface area contributed by atoms with Gasteiger partial charge in [0.15, 0.2) is 0 Å². The molecule has 1 saturated heterocycles. The van der Waals surface area contributed by atoms with Crippen LogP contribution in [0.3, 0.4) is 0 Å². The molecule has 2 rings (SSSR count). The van der Waals surface area contributed by atoms with Gasteiger partial charge in [-0.15, -0.1) is 0 Å². The zero-order valence-corrected chi connectivity index (χ0v) is 12.9. The number of likely N-dealkylation sites (tertiary alicyclic amines) is 1. The highest BCUT2D eigenvalue weighted by Crippen LogP contribution is 2.22. The quantitative estimate of drug-likeness (QED) is 0.906. The van der Waals surface area contributed by atoms with Crippen LogP contribution in [0.5, 0.6) is 0 Å². The molecular formula is C15H19ClN2O3. The number of amides is 2. The average Bonchev–Trinajstić information content (AvgIpc) is 2.84. The van der Waals surface area contributed by atoms with Crippen LogP contribution in [0, 0.1) is 5.92 Å². The number of hydrogen-bond donors (Lipinski definition) is 1. The lowest BCUT2D eigenvalue weighted by Crippen LogP contribution is -2.38. The molecule has 0 unspecified atom stereocenters. The predicted molar refractivity (Wildman–Crippen MR) is 81.2 cm³/mol. The van der Waals surface area contributed by atoms with Crippen molar-refractivity contribution >= 4 is 29.1 Å². The Morgan fingerprint density at radius 1 is 1.48 bits per heavy atom. The molecule has 1 aliphatic rings. The summed E-state index contributed by atoms with van der Waals surface area (Å²) in [5, 5.41) is 3.43. The van der Waals surface area contributed by atoms with Gasteiger partial charge in [-0.1, -0.05) is 11.6 Å². The summed E-state index contributed by atoms with van der Waals surface area (Å²) in [4.78, 5) is 25.9. The Balaban J connectivity index is 1.95. The Morgan fingerprint density at radius 2 is 2.14 bits per heavy atom. The normalized spacial score (nSPS) is 19.7. The minimum absolute atomic E-state index is 0.00388. The molecule has 1 aromatic carbocycles.